The van der Waals surface area contributed by atoms with Gasteiger partial charge in [-0.3, -0.25) is 9.69 Å². The van der Waals surface area contributed by atoms with Crippen LogP contribution in [-0.4, -0.2) is 24.6 Å². The van der Waals surface area contributed by atoms with Crippen LogP contribution in [0.2, 0.25) is 0 Å². The summed E-state index contributed by atoms with van der Waals surface area (Å²) in [6, 6.07) is 11.0. The number of benzene rings is 2. The van der Waals surface area contributed by atoms with Crippen LogP contribution < -0.4 is 10.6 Å². The Labute approximate surface area is 138 Å². The van der Waals surface area contributed by atoms with Gasteiger partial charge in [0.2, 0.25) is 5.91 Å². The van der Waals surface area contributed by atoms with Gasteiger partial charge in [-0.1, -0.05) is 19.1 Å². The van der Waals surface area contributed by atoms with Gasteiger partial charge >= 0.3 is 6.09 Å². The monoisotopic (exact) mass is 328 g/mol. The van der Waals surface area contributed by atoms with E-state index in [-0.39, 0.29) is 6.10 Å². The molecule has 1 saturated heterocycles. The van der Waals surface area contributed by atoms with Crippen molar-refractivity contribution < 1.29 is 18.7 Å². The molecule has 1 atom stereocenters. The molecule has 1 fully saturated rings. The lowest BCUT2D eigenvalue weighted by molar-refractivity contribution is 0.1000. The van der Waals surface area contributed by atoms with E-state index in [4.69, 9.17) is 10.5 Å². The molecule has 0 aliphatic carbocycles. The number of halogens is 1. The van der Waals surface area contributed by atoms with Gasteiger partial charge in [-0.2, -0.15) is 0 Å². The molecule has 1 aliphatic heterocycles. The minimum atomic E-state index is -0.532. The predicted octanol–water partition coefficient (Wildman–Crippen LogP) is 3.33. The zero-order valence-corrected chi connectivity index (χ0v) is 13.2. The zero-order valence-electron chi connectivity index (χ0n) is 13.2. The summed E-state index contributed by atoms with van der Waals surface area (Å²) in [5.41, 5.74) is 7.03. The molecule has 0 spiro atoms. The summed E-state index contributed by atoms with van der Waals surface area (Å²) >= 11 is 0. The van der Waals surface area contributed by atoms with Crippen LogP contribution in [0.5, 0.6) is 0 Å². The Morgan fingerprint density at radius 2 is 2.00 bits per heavy atom. The van der Waals surface area contributed by atoms with Crippen LogP contribution in [0.25, 0.3) is 11.1 Å². The highest BCUT2D eigenvalue weighted by Crippen LogP contribution is 2.29. The van der Waals surface area contributed by atoms with Gasteiger partial charge in [0.05, 0.1) is 12.2 Å². The van der Waals surface area contributed by atoms with Crippen molar-refractivity contribution >= 4 is 17.7 Å². The number of carbonyl (C=O) groups excluding carboxylic acids is 2. The summed E-state index contributed by atoms with van der Waals surface area (Å²) < 4.78 is 19.7. The molecule has 0 aromatic heterocycles. The second kappa shape index (κ2) is 6.31. The first-order valence-corrected chi connectivity index (χ1v) is 7.67. The number of anilines is 1. The largest absolute Gasteiger partial charge is 0.444 e. The van der Waals surface area contributed by atoms with Gasteiger partial charge in [0.25, 0.3) is 0 Å². The fraction of sp³-hybridized carbons (Fsp3) is 0.222. The third kappa shape index (κ3) is 2.95. The van der Waals surface area contributed by atoms with E-state index in [9.17, 15) is 14.0 Å². The highest BCUT2D eigenvalue weighted by Gasteiger charge is 2.31. The number of carbonyl (C=O) groups is 2. The number of nitrogens with two attached hydrogens (primary N) is 1. The first-order valence-electron chi connectivity index (χ1n) is 7.67. The number of hydrogen-bond acceptors (Lipinski definition) is 3. The first-order chi connectivity index (χ1) is 11.5. The van der Waals surface area contributed by atoms with Crippen molar-refractivity contribution in [1.82, 2.24) is 0 Å². The number of nitrogens with zero attached hydrogens (tertiary/aromatic N) is 1. The minimum absolute atomic E-state index is 0.165. The quantitative estimate of drug-likeness (QED) is 0.935. The van der Waals surface area contributed by atoms with Crippen LogP contribution in [-0.2, 0) is 4.74 Å². The lowest BCUT2D eigenvalue weighted by atomic mass is 10.0. The Kier molecular flexibility index (Phi) is 4.20. The summed E-state index contributed by atoms with van der Waals surface area (Å²) in [7, 11) is 0. The molecular weight excluding hydrogens is 311 g/mol. The third-order valence-corrected chi connectivity index (χ3v) is 4.07. The summed E-state index contributed by atoms with van der Waals surface area (Å²) in [4.78, 5) is 24.4. The summed E-state index contributed by atoms with van der Waals surface area (Å²) in [6.07, 6.45) is 0.0936. The molecule has 1 aliphatic rings. The Morgan fingerprint density at radius 3 is 2.54 bits per heavy atom. The maximum Gasteiger partial charge on any atom is 0.414 e. The SMILES string of the molecule is CC[C@H]1CN(c2ccc(-c3ccc(C(N)=O)cc3)c(F)c2)C(=O)O1. The number of ether oxygens (including phenoxy) is 1. The van der Waals surface area contributed by atoms with Crippen LogP contribution >= 0.6 is 0 Å². The first kappa shape index (κ1) is 16.0. The maximum atomic E-state index is 14.5. The lowest BCUT2D eigenvalue weighted by Gasteiger charge is -2.14. The van der Waals surface area contributed by atoms with Crippen molar-refractivity contribution in [3.63, 3.8) is 0 Å². The molecule has 2 amide bonds. The van der Waals surface area contributed by atoms with Gasteiger partial charge in [-0.25, -0.2) is 9.18 Å². The van der Waals surface area contributed by atoms with E-state index in [0.717, 1.165) is 6.42 Å². The Bertz CT molecular complexity index is 789. The molecule has 0 radical (unpaired) electrons. The van der Waals surface area contributed by atoms with Gasteiger partial charge in [0.1, 0.15) is 11.9 Å². The molecule has 1 heterocycles. The van der Waals surface area contributed by atoms with Crippen LogP contribution in [0.1, 0.15) is 23.7 Å². The second-order valence-corrected chi connectivity index (χ2v) is 5.63. The molecule has 0 unspecified atom stereocenters. The standard InChI is InChI=1S/C18H17FN2O3/c1-2-14-10-21(18(23)24-14)13-7-8-15(16(19)9-13)11-3-5-12(6-4-11)17(20)22/h3-9,14H,2,10H2,1H3,(H2,20,22)/t14-/m0/s1. The number of cyclic esters (lactones) is 1. The molecule has 3 rings (SSSR count). The van der Waals surface area contributed by atoms with E-state index in [1.165, 1.54) is 11.0 Å². The highest BCUT2D eigenvalue weighted by atomic mass is 19.1. The van der Waals surface area contributed by atoms with Crippen LogP contribution in [0, 0.1) is 5.82 Å². The van der Waals surface area contributed by atoms with Gasteiger partial charge in [0, 0.05) is 11.1 Å². The van der Waals surface area contributed by atoms with Crippen molar-refractivity contribution in [3.05, 3.63) is 53.8 Å². The Balaban J connectivity index is 1.87. The van der Waals surface area contributed by atoms with E-state index in [0.29, 0.717) is 28.9 Å². The van der Waals surface area contributed by atoms with E-state index in [2.05, 4.69) is 0 Å². The fourth-order valence-corrected chi connectivity index (χ4v) is 2.66. The van der Waals surface area contributed by atoms with Crippen molar-refractivity contribution in [2.24, 2.45) is 5.73 Å². The van der Waals surface area contributed by atoms with Gasteiger partial charge in [0.15, 0.2) is 0 Å². The van der Waals surface area contributed by atoms with Crippen molar-refractivity contribution in [2.75, 3.05) is 11.4 Å². The molecule has 2 aromatic rings. The Morgan fingerprint density at radius 1 is 1.29 bits per heavy atom. The molecule has 24 heavy (non-hydrogen) atoms. The highest BCUT2D eigenvalue weighted by molar-refractivity contribution is 5.93. The number of rotatable bonds is 4. The predicted molar refractivity (Wildman–Crippen MR) is 88.3 cm³/mol. The van der Waals surface area contributed by atoms with Crippen LogP contribution in [0.4, 0.5) is 14.9 Å². The van der Waals surface area contributed by atoms with Gasteiger partial charge in [-0.15, -0.1) is 0 Å². The molecule has 2 aromatic carbocycles. The summed E-state index contributed by atoms with van der Waals surface area (Å²) in [5, 5.41) is 0. The number of primary amides is 1. The van der Waals surface area contributed by atoms with Gasteiger partial charge in [-0.05, 0) is 42.3 Å². The molecule has 124 valence electrons. The van der Waals surface area contributed by atoms with Crippen LogP contribution in [0.3, 0.4) is 0 Å². The van der Waals surface area contributed by atoms with Crippen molar-refractivity contribution in [1.29, 1.82) is 0 Å². The van der Waals surface area contributed by atoms with E-state index >= 15 is 0 Å². The maximum absolute atomic E-state index is 14.5. The molecular formula is C18H17FN2O3. The van der Waals surface area contributed by atoms with Crippen LogP contribution in [0.15, 0.2) is 42.5 Å². The fourth-order valence-electron chi connectivity index (χ4n) is 2.66. The number of amides is 2. The number of hydrogen-bond donors (Lipinski definition) is 1. The Hall–Kier alpha value is -2.89. The van der Waals surface area contributed by atoms with Gasteiger partial charge < -0.3 is 10.5 Å². The molecule has 0 saturated carbocycles. The molecule has 2 N–H and O–H groups in total. The topological polar surface area (TPSA) is 72.6 Å². The molecule has 5 nitrogen and oxygen atoms in total. The van der Waals surface area contributed by atoms with E-state index in [1.807, 2.05) is 6.92 Å². The smallest absolute Gasteiger partial charge is 0.414 e. The third-order valence-electron chi connectivity index (χ3n) is 4.07. The molecule has 6 heteroatoms. The van der Waals surface area contributed by atoms with E-state index in [1.54, 1.807) is 36.4 Å². The van der Waals surface area contributed by atoms with E-state index < -0.39 is 17.8 Å². The average Bonchev–Trinajstić information content (AvgIpc) is 2.96. The van der Waals surface area contributed by atoms with Crippen molar-refractivity contribution in [3.8, 4) is 11.1 Å². The average molecular weight is 328 g/mol. The molecule has 0 bridgehead atoms. The normalized spacial score (nSPS) is 17.0. The summed E-state index contributed by atoms with van der Waals surface area (Å²) in [6.45, 7) is 2.35. The second-order valence-electron chi connectivity index (χ2n) is 5.63. The lowest BCUT2D eigenvalue weighted by Crippen LogP contribution is -2.24. The minimum Gasteiger partial charge on any atom is -0.444 e. The zero-order chi connectivity index (χ0) is 17.3. The van der Waals surface area contributed by atoms with Crippen molar-refractivity contribution in [2.45, 2.75) is 19.4 Å². The summed E-state index contributed by atoms with van der Waals surface area (Å²) in [5.74, 6) is -0.984.